The van der Waals surface area contributed by atoms with Gasteiger partial charge in [0.25, 0.3) is 5.91 Å². The van der Waals surface area contributed by atoms with E-state index < -0.39 is 5.34 Å². The van der Waals surface area contributed by atoms with Crippen molar-refractivity contribution in [1.82, 2.24) is 14.8 Å². The average molecular weight is 353 g/mol. The lowest BCUT2D eigenvalue weighted by atomic mass is 9.57. The van der Waals surface area contributed by atoms with Gasteiger partial charge in [0.15, 0.2) is 0 Å². The molecule has 138 valence electrons. The number of aromatic nitrogens is 1. The van der Waals surface area contributed by atoms with E-state index >= 15 is 0 Å². The minimum atomic E-state index is -1.13. The van der Waals surface area contributed by atoms with Gasteiger partial charge in [0.2, 0.25) is 0 Å². The Morgan fingerprint density at radius 2 is 1.92 bits per heavy atom. The summed E-state index contributed by atoms with van der Waals surface area (Å²) in [7, 11) is 12.7. The van der Waals surface area contributed by atoms with Crippen LogP contribution in [0, 0.1) is 5.92 Å². The number of carbonyl (C=O) groups excluding carboxylic acids is 1. The first-order valence-electron chi connectivity index (χ1n) is 9.69. The van der Waals surface area contributed by atoms with Gasteiger partial charge >= 0.3 is 0 Å². The first kappa shape index (κ1) is 21.0. The number of carbonyl (C=O) groups is 1. The smallest absolute Gasteiger partial charge is 0.272 e. The molecular formula is C19H29B2N3O2. The quantitative estimate of drug-likeness (QED) is 0.757. The molecule has 0 atom stereocenters. The third-order valence-electron chi connectivity index (χ3n) is 4.85. The maximum absolute atomic E-state index is 12.6. The van der Waals surface area contributed by atoms with Gasteiger partial charge in [-0.05, 0) is 29.8 Å². The molecule has 26 heavy (non-hydrogen) atoms. The second-order valence-corrected chi connectivity index (χ2v) is 6.70. The molecule has 1 aromatic heterocycles. The normalized spacial score (nSPS) is 18.7. The minimum absolute atomic E-state index is 0.0941. The molecule has 2 aliphatic heterocycles. The minimum Gasteiger partial charge on any atom is -0.378 e. The Balaban J connectivity index is 0.00000117. The van der Waals surface area contributed by atoms with Crippen LogP contribution < -0.4 is 0 Å². The van der Waals surface area contributed by atoms with Crippen molar-refractivity contribution in [2.24, 2.45) is 5.92 Å². The van der Waals surface area contributed by atoms with E-state index in [1.54, 1.807) is 23.1 Å². The Morgan fingerprint density at radius 1 is 1.27 bits per heavy atom. The van der Waals surface area contributed by atoms with Crippen LogP contribution in [-0.2, 0) is 10.1 Å². The van der Waals surface area contributed by atoms with E-state index in [0.717, 1.165) is 13.1 Å². The fourth-order valence-corrected chi connectivity index (χ4v) is 3.33. The Morgan fingerprint density at radius 3 is 2.54 bits per heavy atom. The van der Waals surface area contributed by atoms with E-state index in [9.17, 15) is 4.79 Å². The van der Waals surface area contributed by atoms with Crippen LogP contribution in [-0.4, -0.2) is 75.8 Å². The molecule has 1 amide bonds. The second-order valence-electron chi connectivity index (χ2n) is 6.70. The summed E-state index contributed by atoms with van der Waals surface area (Å²) in [5.41, 5.74) is 0.928. The number of rotatable bonds is 5. The number of hydrogen-bond acceptors (Lipinski definition) is 4. The Bertz CT molecular complexity index is 586. The summed E-state index contributed by atoms with van der Waals surface area (Å²) >= 11 is 0. The van der Waals surface area contributed by atoms with Gasteiger partial charge in [-0.1, -0.05) is 33.3 Å². The van der Waals surface area contributed by atoms with Gasteiger partial charge in [-0.25, -0.2) is 4.98 Å². The molecule has 0 saturated carbocycles. The van der Waals surface area contributed by atoms with Gasteiger partial charge in [0.05, 0.1) is 28.9 Å². The summed E-state index contributed by atoms with van der Waals surface area (Å²) in [4.78, 5) is 20.8. The third kappa shape index (κ3) is 4.68. The second kappa shape index (κ2) is 9.56. The maximum atomic E-state index is 12.6. The van der Waals surface area contributed by atoms with Gasteiger partial charge in [-0.2, -0.15) is 0 Å². The van der Waals surface area contributed by atoms with Gasteiger partial charge in [0, 0.05) is 31.9 Å². The van der Waals surface area contributed by atoms with E-state index in [2.05, 4.69) is 11.9 Å². The molecule has 0 unspecified atom stereocenters. The lowest BCUT2D eigenvalue weighted by Gasteiger charge is -2.50. The molecule has 0 spiro atoms. The van der Waals surface area contributed by atoms with Crippen LogP contribution in [0.5, 0.6) is 0 Å². The fraction of sp³-hybridized carbons (Fsp3) is 0.684. The molecule has 4 radical (unpaired) electrons. The molecule has 1 aromatic rings. The molecule has 2 saturated heterocycles. The van der Waals surface area contributed by atoms with Gasteiger partial charge < -0.3 is 14.5 Å². The van der Waals surface area contributed by atoms with Crippen molar-refractivity contribution in [3.8, 4) is 0 Å². The van der Waals surface area contributed by atoms with Gasteiger partial charge in [0.1, 0.15) is 5.69 Å². The molecule has 2 fully saturated rings. The molecule has 2 aliphatic rings. The molecule has 7 heteroatoms. The van der Waals surface area contributed by atoms with Crippen molar-refractivity contribution >= 4 is 21.6 Å². The van der Waals surface area contributed by atoms with Gasteiger partial charge in [-0.3, -0.25) is 4.79 Å². The molecule has 0 bridgehead atoms. The Labute approximate surface area is 160 Å². The first-order valence-corrected chi connectivity index (χ1v) is 9.69. The van der Waals surface area contributed by atoms with Crippen molar-refractivity contribution in [3.63, 3.8) is 0 Å². The van der Waals surface area contributed by atoms with E-state index in [4.69, 9.17) is 20.4 Å². The highest BCUT2D eigenvalue weighted by Crippen LogP contribution is 2.31. The number of pyridine rings is 1. The van der Waals surface area contributed by atoms with Crippen molar-refractivity contribution in [3.05, 3.63) is 29.6 Å². The predicted molar refractivity (Wildman–Crippen MR) is 105 cm³/mol. The molecule has 0 aliphatic carbocycles. The monoisotopic (exact) mass is 353 g/mol. The lowest BCUT2D eigenvalue weighted by molar-refractivity contribution is 0.0297. The predicted octanol–water partition coefficient (Wildman–Crippen LogP) is 1.76. The SMILES string of the molecule is CC.[B]C([B])(c1cccc(C(=O)N2CCOCC2)n1)N1CC(CCC)C1. The maximum Gasteiger partial charge on any atom is 0.272 e. The molecule has 5 nitrogen and oxygen atoms in total. The van der Waals surface area contributed by atoms with Crippen molar-refractivity contribution < 1.29 is 9.53 Å². The highest BCUT2D eigenvalue weighted by Gasteiger charge is 2.38. The number of hydrogen-bond donors (Lipinski definition) is 0. The van der Waals surface area contributed by atoms with Gasteiger partial charge in [-0.15, -0.1) is 0 Å². The summed E-state index contributed by atoms with van der Waals surface area (Å²) < 4.78 is 5.29. The fourth-order valence-electron chi connectivity index (χ4n) is 3.33. The Kier molecular flexibility index (Phi) is 7.71. The number of nitrogens with zero attached hydrogens (tertiary/aromatic N) is 3. The molecule has 3 rings (SSSR count). The first-order chi connectivity index (χ1) is 12.5. The van der Waals surface area contributed by atoms with Crippen LogP contribution in [0.15, 0.2) is 18.2 Å². The zero-order valence-corrected chi connectivity index (χ0v) is 16.3. The summed E-state index contributed by atoms with van der Waals surface area (Å²) in [6, 6.07) is 5.31. The largest absolute Gasteiger partial charge is 0.378 e. The highest BCUT2D eigenvalue weighted by molar-refractivity contribution is 6.39. The van der Waals surface area contributed by atoms with Crippen LogP contribution in [0.1, 0.15) is 49.8 Å². The average Bonchev–Trinajstić information content (AvgIpc) is 2.66. The molecule has 0 N–H and O–H groups in total. The van der Waals surface area contributed by atoms with Crippen LogP contribution >= 0.6 is 0 Å². The van der Waals surface area contributed by atoms with Crippen molar-refractivity contribution in [2.45, 2.75) is 39.0 Å². The number of morpholine rings is 1. The molecule has 3 heterocycles. The van der Waals surface area contributed by atoms with Crippen molar-refractivity contribution in [2.75, 3.05) is 39.4 Å². The topological polar surface area (TPSA) is 45.7 Å². The Hall–Kier alpha value is -1.33. The molecular weight excluding hydrogens is 324 g/mol. The zero-order chi connectivity index (χ0) is 19.2. The number of ether oxygens (including phenoxy) is 1. The van der Waals surface area contributed by atoms with Crippen molar-refractivity contribution in [1.29, 1.82) is 0 Å². The standard InChI is InChI=1S/C17H23B2N3O2.C2H6/c1-2-4-13-11-22(12-13)17(18,19)15-6-3-5-14(20-15)16(23)21-7-9-24-10-8-21;1-2/h3,5-6,13H,2,4,7-12H2,1H3;1-2H3. The summed E-state index contributed by atoms with van der Waals surface area (Å²) in [6.45, 7) is 10.3. The third-order valence-corrected chi connectivity index (χ3v) is 4.85. The van der Waals surface area contributed by atoms with E-state index in [0.29, 0.717) is 43.6 Å². The van der Waals surface area contributed by atoms with E-state index in [1.807, 2.05) is 18.7 Å². The molecule has 0 aromatic carbocycles. The van der Waals surface area contributed by atoms with E-state index in [-0.39, 0.29) is 5.91 Å². The zero-order valence-electron chi connectivity index (χ0n) is 16.3. The summed E-state index contributed by atoms with van der Waals surface area (Å²) in [5, 5.41) is -1.13. The highest BCUT2D eigenvalue weighted by atomic mass is 16.5. The summed E-state index contributed by atoms with van der Waals surface area (Å²) in [6.07, 6.45) is 2.36. The lowest BCUT2D eigenvalue weighted by Crippen LogP contribution is -2.59. The number of likely N-dealkylation sites (tertiary alicyclic amines) is 1. The summed E-state index contributed by atoms with van der Waals surface area (Å²) in [5.74, 6) is 0.558. The van der Waals surface area contributed by atoms with Crippen LogP contribution in [0.2, 0.25) is 0 Å². The van der Waals surface area contributed by atoms with E-state index in [1.165, 1.54) is 12.8 Å². The van der Waals surface area contributed by atoms with Crippen LogP contribution in [0.3, 0.4) is 0 Å². The van der Waals surface area contributed by atoms with Crippen LogP contribution in [0.25, 0.3) is 0 Å². The van der Waals surface area contributed by atoms with Crippen LogP contribution in [0.4, 0.5) is 0 Å². The number of amides is 1.